The van der Waals surface area contributed by atoms with Gasteiger partial charge in [0.25, 0.3) is 0 Å². The first-order chi connectivity index (χ1) is 16.0. The zero-order valence-corrected chi connectivity index (χ0v) is 19.7. The fraction of sp³-hybridized carbons (Fsp3) is 0.192. The molecule has 6 nitrogen and oxygen atoms in total. The monoisotopic (exact) mass is 458 g/mol. The van der Waals surface area contributed by atoms with Crippen molar-refractivity contribution in [1.29, 1.82) is 0 Å². The van der Waals surface area contributed by atoms with Crippen molar-refractivity contribution >= 4 is 17.7 Å². The second-order valence-corrected chi connectivity index (χ2v) is 8.68. The molecule has 1 aromatic heterocycles. The molecular weight excluding hydrogens is 432 g/mol. The van der Waals surface area contributed by atoms with Crippen molar-refractivity contribution in [3.05, 3.63) is 90.0 Å². The predicted octanol–water partition coefficient (Wildman–Crippen LogP) is 5.00. The van der Waals surface area contributed by atoms with Gasteiger partial charge in [-0.2, -0.15) is 0 Å². The van der Waals surface area contributed by atoms with E-state index in [0.717, 1.165) is 28.4 Å². The third-order valence-electron chi connectivity index (χ3n) is 5.26. The fourth-order valence-electron chi connectivity index (χ4n) is 3.43. The molecule has 0 unspecified atom stereocenters. The average molecular weight is 459 g/mol. The van der Waals surface area contributed by atoms with Crippen molar-refractivity contribution in [3.8, 4) is 22.8 Å². The maximum absolute atomic E-state index is 12.9. The van der Waals surface area contributed by atoms with Crippen molar-refractivity contribution < 1.29 is 9.53 Å². The highest BCUT2D eigenvalue weighted by molar-refractivity contribution is 7.99. The lowest BCUT2D eigenvalue weighted by Gasteiger charge is -2.17. The molecule has 33 heavy (non-hydrogen) atoms. The van der Waals surface area contributed by atoms with Gasteiger partial charge in [-0.15, -0.1) is 10.2 Å². The molecule has 0 saturated carbocycles. The molecule has 7 heteroatoms. The molecule has 0 saturated heterocycles. The van der Waals surface area contributed by atoms with E-state index in [1.165, 1.54) is 17.3 Å². The molecule has 1 heterocycles. The summed E-state index contributed by atoms with van der Waals surface area (Å²) >= 11 is 1.39. The van der Waals surface area contributed by atoms with Crippen molar-refractivity contribution in [2.75, 3.05) is 19.9 Å². The van der Waals surface area contributed by atoms with Gasteiger partial charge in [0, 0.05) is 24.8 Å². The number of thioether (sulfide) groups is 1. The maximum atomic E-state index is 12.9. The van der Waals surface area contributed by atoms with Crippen LogP contribution in [-0.2, 0) is 11.3 Å². The Kier molecular flexibility index (Phi) is 7.10. The van der Waals surface area contributed by atoms with E-state index in [9.17, 15) is 4.79 Å². The SMILES string of the molecule is COc1cccc(CN(C)C(=O)CSc2nnc(-c3ccccc3)n2-c2ccc(C)cc2)c1. The topological polar surface area (TPSA) is 60.2 Å². The van der Waals surface area contributed by atoms with Gasteiger partial charge in [-0.1, -0.05) is 71.9 Å². The molecule has 4 aromatic rings. The van der Waals surface area contributed by atoms with E-state index in [1.54, 1.807) is 12.0 Å². The van der Waals surface area contributed by atoms with Crippen LogP contribution in [0.3, 0.4) is 0 Å². The van der Waals surface area contributed by atoms with E-state index in [1.807, 2.05) is 78.3 Å². The van der Waals surface area contributed by atoms with E-state index in [0.29, 0.717) is 11.7 Å². The highest BCUT2D eigenvalue weighted by Gasteiger charge is 2.18. The van der Waals surface area contributed by atoms with E-state index in [2.05, 4.69) is 29.3 Å². The Hall–Kier alpha value is -3.58. The summed E-state index contributed by atoms with van der Waals surface area (Å²) in [5.41, 5.74) is 4.13. The van der Waals surface area contributed by atoms with Gasteiger partial charge in [0.15, 0.2) is 11.0 Å². The second-order valence-electron chi connectivity index (χ2n) is 7.73. The zero-order valence-electron chi connectivity index (χ0n) is 18.9. The summed E-state index contributed by atoms with van der Waals surface area (Å²) in [7, 11) is 3.45. The number of aryl methyl sites for hydroxylation is 1. The lowest BCUT2D eigenvalue weighted by atomic mass is 10.2. The third kappa shape index (κ3) is 5.43. The first-order valence-electron chi connectivity index (χ1n) is 10.6. The van der Waals surface area contributed by atoms with Gasteiger partial charge in [-0.05, 0) is 36.8 Å². The molecule has 0 radical (unpaired) electrons. The molecule has 0 aliphatic rings. The van der Waals surface area contributed by atoms with Gasteiger partial charge in [0.1, 0.15) is 5.75 Å². The normalized spacial score (nSPS) is 10.8. The van der Waals surface area contributed by atoms with Crippen LogP contribution in [0.25, 0.3) is 17.1 Å². The minimum atomic E-state index is 0.0162. The van der Waals surface area contributed by atoms with Gasteiger partial charge >= 0.3 is 0 Å². The standard InChI is InChI=1S/C26H26N4O2S/c1-19-12-14-22(15-13-19)30-25(21-9-5-4-6-10-21)27-28-26(30)33-18-24(31)29(2)17-20-8-7-11-23(16-20)32-3/h4-16H,17-18H2,1-3H3. The van der Waals surface area contributed by atoms with E-state index in [4.69, 9.17) is 4.74 Å². The van der Waals surface area contributed by atoms with Crippen molar-refractivity contribution in [2.45, 2.75) is 18.6 Å². The molecule has 0 atom stereocenters. The number of carbonyl (C=O) groups excluding carboxylic acids is 1. The number of carbonyl (C=O) groups is 1. The Morgan fingerprint density at radius 3 is 2.48 bits per heavy atom. The minimum absolute atomic E-state index is 0.0162. The Morgan fingerprint density at radius 2 is 1.76 bits per heavy atom. The molecule has 0 N–H and O–H groups in total. The van der Waals surface area contributed by atoms with Crippen LogP contribution in [0.5, 0.6) is 5.75 Å². The van der Waals surface area contributed by atoms with Gasteiger partial charge in [-0.25, -0.2) is 0 Å². The molecule has 4 rings (SSSR count). The average Bonchev–Trinajstić information content (AvgIpc) is 3.27. The van der Waals surface area contributed by atoms with Crippen LogP contribution in [0.1, 0.15) is 11.1 Å². The fourth-order valence-corrected chi connectivity index (χ4v) is 4.33. The number of ether oxygens (including phenoxy) is 1. The predicted molar refractivity (Wildman–Crippen MR) is 132 cm³/mol. The maximum Gasteiger partial charge on any atom is 0.233 e. The molecule has 168 valence electrons. The van der Waals surface area contributed by atoms with Crippen molar-refractivity contribution in [1.82, 2.24) is 19.7 Å². The van der Waals surface area contributed by atoms with Crippen LogP contribution in [0.2, 0.25) is 0 Å². The number of benzene rings is 3. The molecule has 0 bridgehead atoms. The third-order valence-corrected chi connectivity index (χ3v) is 6.18. The number of rotatable bonds is 8. The molecule has 0 spiro atoms. The summed E-state index contributed by atoms with van der Waals surface area (Å²) in [6.07, 6.45) is 0. The summed E-state index contributed by atoms with van der Waals surface area (Å²) in [5, 5.41) is 9.55. The lowest BCUT2D eigenvalue weighted by Crippen LogP contribution is -2.27. The summed E-state index contributed by atoms with van der Waals surface area (Å²) in [6, 6.07) is 25.9. The van der Waals surface area contributed by atoms with Crippen molar-refractivity contribution in [2.24, 2.45) is 0 Å². The molecule has 0 aliphatic heterocycles. The van der Waals surface area contributed by atoms with Crippen LogP contribution >= 0.6 is 11.8 Å². The summed E-state index contributed by atoms with van der Waals surface area (Å²) in [5.74, 6) is 1.81. The van der Waals surface area contributed by atoms with Gasteiger partial charge < -0.3 is 9.64 Å². The Labute approximate surface area is 198 Å². The Bertz CT molecular complexity index is 1220. The van der Waals surface area contributed by atoms with Crippen LogP contribution in [0.15, 0.2) is 84.0 Å². The van der Waals surface area contributed by atoms with Crippen LogP contribution < -0.4 is 4.74 Å². The number of nitrogens with zero attached hydrogens (tertiary/aromatic N) is 4. The summed E-state index contributed by atoms with van der Waals surface area (Å²) in [4.78, 5) is 14.6. The van der Waals surface area contributed by atoms with Crippen molar-refractivity contribution in [3.63, 3.8) is 0 Å². The summed E-state index contributed by atoms with van der Waals surface area (Å²) < 4.78 is 7.29. The first-order valence-corrected chi connectivity index (χ1v) is 11.6. The first kappa shape index (κ1) is 22.6. The smallest absolute Gasteiger partial charge is 0.233 e. The number of methoxy groups -OCH3 is 1. The Balaban J connectivity index is 1.53. The molecule has 3 aromatic carbocycles. The number of hydrogen-bond donors (Lipinski definition) is 0. The van der Waals surface area contributed by atoms with E-state index < -0.39 is 0 Å². The highest BCUT2D eigenvalue weighted by atomic mass is 32.2. The van der Waals surface area contributed by atoms with E-state index in [-0.39, 0.29) is 11.7 Å². The van der Waals surface area contributed by atoms with Crippen LogP contribution in [0, 0.1) is 6.92 Å². The lowest BCUT2D eigenvalue weighted by molar-refractivity contribution is -0.127. The van der Waals surface area contributed by atoms with Crippen LogP contribution in [-0.4, -0.2) is 45.5 Å². The quantitative estimate of drug-likeness (QED) is 0.348. The summed E-state index contributed by atoms with van der Waals surface area (Å²) in [6.45, 7) is 2.57. The number of aromatic nitrogens is 3. The zero-order chi connectivity index (χ0) is 23.2. The van der Waals surface area contributed by atoms with Gasteiger partial charge in [0.2, 0.25) is 5.91 Å². The van der Waals surface area contributed by atoms with Gasteiger partial charge in [-0.3, -0.25) is 9.36 Å². The number of amides is 1. The van der Waals surface area contributed by atoms with E-state index >= 15 is 0 Å². The molecule has 1 amide bonds. The highest BCUT2D eigenvalue weighted by Crippen LogP contribution is 2.28. The Morgan fingerprint density at radius 1 is 1.00 bits per heavy atom. The molecular formula is C26H26N4O2S. The van der Waals surface area contributed by atoms with Crippen LogP contribution in [0.4, 0.5) is 0 Å². The molecule has 0 fully saturated rings. The number of hydrogen-bond acceptors (Lipinski definition) is 5. The molecule has 0 aliphatic carbocycles. The second kappa shape index (κ2) is 10.4. The minimum Gasteiger partial charge on any atom is -0.497 e. The van der Waals surface area contributed by atoms with Gasteiger partial charge in [0.05, 0.1) is 12.9 Å². The largest absolute Gasteiger partial charge is 0.497 e.